The highest BCUT2D eigenvalue weighted by Crippen LogP contribution is 2.39. The monoisotopic (exact) mass is 338 g/mol. The molecule has 7 heteroatoms. The van der Waals surface area contributed by atoms with Crippen LogP contribution in [-0.2, 0) is 33.2 Å². The summed E-state index contributed by atoms with van der Waals surface area (Å²) in [5, 5.41) is 0. The summed E-state index contributed by atoms with van der Waals surface area (Å²) in [5.74, 6) is 0. The van der Waals surface area contributed by atoms with Crippen molar-refractivity contribution in [2.45, 2.75) is 6.10 Å². The van der Waals surface area contributed by atoms with E-state index in [1.165, 1.54) is 0 Å². The molecule has 0 fully saturated rings. The van der Waals surface area contributed by atoms with E-state index in [-0.39, 0.29) is 6.10 Å². The predicted molar refractivity (Wildman–Crippen MR) is 86.9 cm³/mol. The quantitative estimate of drug-likeness (QED) is 0.439. The Balaban J connectivity index is 5.91. The Morgan fingerprint density at radius 2 is 0.696 bits per heavy atom. The molecular weight excluding hydrogens is 304 g/mol. The van der Waals surface area contributed by atoms with Gasteiger partial charge in [-0.2, -0.15) is 0 Å². The molecule has 0 atom stereocenters. The molecule has 0 aliphatic carbocycles. The first-order chi connectivity index (χ1) is 11.1. The Bertz CT molecular complexity index is 226. The molecule has 23 heavy (non-hydrogen) atoms. The average Bonchev–Trinajstić information content (AvgIpc) is 2.49. The number of hydrogen-bond donors (Lipinski definition) is 0. The van der Waals surface area contributed by atoms with Crippen molar-refractivity contribution >= 4 is 0 Å². The van der Waals surface area contributed by atoms with E-state index < -0.39 is 10.8 Å². The average molecular weight is 338 g/mol. The van der Waals surface area contributed by atoms with Gasteiger partial charge in [0.2, 0.25) is 0 Å². The first kappa shape index (κ1) is 22.7. The third kappa shape index (κ3) is 5.94. The third-order valence-electron chi connectivity index (χ3n) is 3.94. The summed E-state index contributed by atoms with van der Waals surface area (Å²) >= 11 is 0. The van der Waals surface area contributed by atoms with Crippen LogP contribution in [0.15, 0.2) is 0 Å². The van der Waals surface area contributed by atoms with Gasteiger partial charge in [-0.3, -0.25) is 0 Å². The lowest BCUT2D eigenvalue weighted by Gasteiger charge is -2.48. The van der Waals surface area contributed by atoms with Gasteiger partial charge in [0.25, 0.3) is 0 Å². The molecule has 0 rings (SSSR count). The Labute approximate surface area is 140 Å². The van der Waals surface area contributed by atoms with Gasteiger partial charge < -0.3 is 33.2 Å². The van der Waals surface area contributed by atoms with Gasteiger partial charge >= 0.3 is 0 Å². The van der Waals surface area contributed by atoms with Crippen molar-refractivity contribution in [2.24, 2.45) is 10.8 Å². The standard InChI is InChI=1S/C16H34O7/c1-17-8-15(9-18-2,10-19-3)14(23-7)16(11-20-4,12-21-5)13-22-6/h14H,8-13H2,1-7H3. The van der Waals surface area contributed by atoms with Crippen molar-refractivity contribution in [1.82, 2.24) is 0 Å². The van der Waals surface area contributed by atoms with Crippen molar-refractivity contribution < 1.29 is 33.2 Å². The van der Waals surface area contributed by atoms with Crippen molar-refractivity contribution in [2.75, 3.05) is 89.4 Å². The second kappa shape index (κ2) is 12.1. The van der Waals surface area contributed by atoms with E-state index in [4.69, 9.17) is 33.2 Å². The van der Waals surface area contributed by atoms with E-state index in [1.54, 1.807) is 49.8 Å². The maximum atomic E-state index is 5.92. The van der Waals surface area contributed by atoms with Gasteiger partial charge in [-0.25, -0.2) is 0 Å². The Morgan fingerprint density at radius 3 is 0.826 bits per heavy atom. The van der Waals surface area contributed by atoms with Crippen LogP contribution in [0.3, 0.4) is 0 Å². The van der Waals surface area contributed by atoms with Crippen LogP contribution in [0.25, 0.3) is 0 Å². The summed E-state index contributed by atoms with van der Waals surface area (Å²) in [7, 11) is 11.6. The molecule has 0 unspecified atom stereocenters. The van der Waals surface area contributed by atoms with Crippen LogP contribution < -0.4 is 0 Å². The molecule has 0 aliphatic heterocycles. The molecule has 0 saturated carbocycles. The molecule has 0 amide bonds. The van der Waals surface area contributed by atoms with Crippen molar-refractivity contribution in [1.29, 1.82) is 0 Å². The number of ether oxygens (including phenoxy) is 7. The van der Waals surface area contributed by atoms with E-state index >= 15 is 0 Å². The van der Waals surface area contributed by atoms with E-state index in [2.05, 4.69) is 0 Å². The highest BCUT2D eigenvalue weighted by Gasteiger charge is 2.52. The molecule has 0 N–H and O–H groups in total. The van der Waals surface area contributed by atoms with Crippen LogP contribution in [-0.4, -0.2) is 95.5 Å². The van der Waals surface area contributed by atoms with Crippen LogP contribution in [0.1, 0.15) is 0 Å². The summed E-state index contributed by atoms with van der Waals surface area (Å²) in [6.45, 7) is 2.45. The van der Waals surface area contributed by atoms with Crippen molar-refractivity contribution in [3.63, 3.8) is 0 Å². The van der Waals surface area contributed by atoms with E-state index in [0.717, 1.165) is 0 Å². The molecule has 0 saturated heterocycles. The van der Waals surface area contributed by atoms with E-state index in [9.17, 15) is 0 Å². The van der Waals surface area contributed by atoms with Gasteiger partial charge in [0.15, 0.2) is 0 Å². The summed E-state index contributed by atoms with van der Waals surface area (Å²) in [6, 6.07) is 0. The fraction of sp³-hybridized carbons (Fsp3) is 1.00. The van der Waals surface area contributed by atoms with Crippen molar-refractivity contribution in [3.8, 4) is 0 Å². The summed E-state index contributed by atoms with van der Waals surface area (Å²) in [5.41, 5.74) is -1.05. The number of rotatable bonds is 15. The lowest BCUT2D eigenvalue weighted by atomic mass is 9.69. The minimum Gasteiger partial charge on any atom is -0.384 e. The summed E-state index contributed by atoms with van der Waals surface area (Å²) in [6.07, 6.45) is -0.324. The van der Waals surface area contributed by atoms with Crippen LogP contribution in [0.4, 0.5) is 0 Å². The van der Waals surface area contributed by atoms with Gasteiger partial charge in [0, 0.05) is 49.8 Å². The Kier molecular flexibility index (Phi) is 12.0. The zero-order valence-corrected chi connectivity index (χ0v) is 15.7. The molecule has 0 spiro atoms. The zero-order valence-electron chi connectivity index (χ0n) is 15.7. The fourth-order valence-corrected chi connectivity index (χ4v) is 3.58. The smallest absolute Gasteiger partial charge is 0.0816 e. The molecule has 0 aromatic heterocycles. The zero-order chi connectivity index (χ0) is 17.8. The topological polar surface area (TPSA) is 64.6 Å². The van der Waals surface area contributed by atoms with Crippen LogP contribution in [0, 0.1) is 10.8 Å². The summed E-state index contributed by atoms with van der Waals surface area (Å²) < 4.78 is 38.7. The SMILES string of the molecule is COCC(COC)(COC)C(OC)C(COC)(COC)COC. The van der Waals surface area contributed by atoms with Crippen LogP contribution >= 0.6 is 0 Å². The molecule has 0 aromatic carbocycles. The minimum absolute atomic E-state index is 0.324. The number of methoxy groups -OCH3 is 7. The molecule has 0 aliphatic rings. The van der Waals surface area contributed by atoms with Crippen LogP contribution in [0.2, 0.25) is 0 Å². The van der Waals surface area contributed by atoms with E-state index in [1.807, 2.05) is 0 Å². The molecule has 0 radical (unpaired) electrons. The molecule has 0 bridgehead atoms. The normalized spacial score (nSPS) is 13.0. The molecule has 0 aromatic rings. The number of hydrogen-bond acceptors (Lipinski definition) is 7. The van der Waals surface area contributed by atoms with E-state index in [0.29, 0.717) is 39.6 Å². The Hall–Kier alpha value is -0.280. The molecule has 7 nitrogen and oxygen atoms in total. The maximum absolute atomic E-state index is 5.92. The second-order valence-corrected chi connectivity index (χ2v) is 5.94. The van der Waals surface area contributed by atoms with Gasteiger partial charge in [-0.1, -0.05) is 0 Å². The highest BCUT2D eigenvalue weighted by atomic mass is 16.5. The molecule has 140 valence electrons. The summed E-state index contributed by atoms with van der Waals surface area (Å²) in [4.78, 5) is 0. The highest BCUT2D eigenvalue weighted by molar-refractivity contribution is 5.00. The Morgan fingerprint density at radius 1 is 0.478 bits per heavy atom. The van der Waals surface area contributed by atoms with Gasteiger partial charge in [0.05, 0.1) is 56.6 Å². The van der Waals surface area contributed by atoms with Crippen LogP contribution in [0.5, 0.6) is 0 Å². The molecular formula is C16H34O7. The second-order valence-electron chi connectivity index (χ2n) is 5.94. The lowest BCUT2D eigenvalue weighted by Crippen LogP contribution is -2.60. The predicted octanol–water partition coefficient (Wildman–Crippen LogP) is 0.853. The first-order valence-electron chi connectivity index (χ1n) is 7.52. The lowest BCUT2D eigenvalue weighted by molar-refractivity contribution is -0.203. The molecule has 0 heterocycles. The fourth-order valence-electron chi connectivity index (χ4n) is 3.58. The van der Waals surface area contributed by atoms with Gasteiger partial charge in [0.1, 0.15) is 0 Å². The van der Waals surface area contributed by atoms with Gasteiger partial charge in [-0.15, -0.1) is 0 Å². The maximum Gasteiger partial charge on any atom is 0.0816 e. The first-order valence-corrected chi connectivity index (χ1v) is 7.52. The minimum atomic E-state index is -0.525. The third-order valence-corrected chi connectivity index (χ3v) is 3.94. The largest absolute Gasteiger partial charge is 0.384 e. The van der Waals surface area contributed by atoms with Gasteiger partial charge in [-0.05, 0) is 0 Å². The van der Waals surface area contributed by atoms with Crippen molar-refractivity contribution in [3.05, 3.63) is 0 Å².